The van der Waals surface area contributed by atoms with Gasteiger partial charge >= 0.3 is 0 Å². The monoisotopic (exact) mass is 208 g/mol. The zero-order valence-corrected chi connectivity index (χ0v) is 8.88. The van der Waals surface area contributed by atoms with E-state index in [9.17, 15) is 0 Å². The molecule has 0 aliphatic carbocycles. The fourth-order valence-corrected chi connectivity index (χ4v) is 1.92. The molecule has 2 heterocycles. The molecule has 0 radical (unpaired) electrons. The van der Waals surface area contributed by atoms with Crippen molar-refractivity contribution in [1.29, 1.82) is 0 Å². The summed E-state index contributed by atoms with van der Waals surface area (Å²) in [6.45, 7) is 0. The molecule has 2 heteroatoms. The van der Waals surface area contributed by atoms with Gasteiger partial charge in [0.05, 0.1) is 0 Å². The molecule has 0 saturated carbocycles. The third-order valence-electron chi connectivity index (χ3n) is 2.72. The molecule has 0 aliphatic heterocycles. The molecule has 0 amide bonds. The van der Waals surface area contributed by atoms with Gasteiger partial charge in [0.15, 0.2) is 0 Å². The number of hydrogen-bond acceptors (Lipinski definition) is 1. The van der Waals surface area contributed by atoms with Crippen LogP contribution < -0.4 is 0 Å². The van der Waals surface area contributed by atoms with Crippen molar-refractivity contribution in [2.24, 2.45) is 0 Å². The van der Waals surface area contributed by atoms with E-state index >= 15 is 0 Å². The smallest absolute Gasteiger partial charge is 0.136 e. The fraction of sp³-hybridized carbons (Fsp3) is 0.0714. The van der Waals surface area contributed by atoms with Gasteiger partial charge in [0.25, 0.3) is 0 Å². The molecule has 3 aromatic rings. The number of aromatic nitrogens is 2. The Hall–Kier alpha value is -2.09. The van der Waals surface area contributed by atoms with E-state index in [-0.39, 0.29) is 0 Å². The molecule has 3 rings (SSSR count). The summed E-state index contributed by atoms with van der Waals surface area (Å²) in [6, 6.07) is 16.5. The number of rotatable bonds is 2. The molecule has 0 N–H and O–H groups in total. The maximum absolute atomic E-state index is 4.38. The Morgan fingerprint density at radius 3 is 2.62 bits per heavy atom. The minimum absolute atomic E-state index is 0.923. The second-order valence-corrected chi connectivity index (χ2v) is 3.84. The molecule has 0 saturated heterocycles. The Kier molecular flexibility index (Phi) is 2.18. The number of fused-ring (bicyclic) bond motifs is 1. The summed E-state index contributed by atoms with van der Waals surface area (Å²) in [7, 11) is 0. The zero-order valence-electron chi connectivity index (χ0n) is 8.88. The van der Waals surface area contributed by atoms with Gasteiger partial charge in [-0.2, -0.15) is 0 Å². The summed E-state index contributed by atoms with van der Waals surface area (Å²) in [5.74, 6) is 0. The summed E-state index contributed by atoms with van der Waals surface area (Å²) in [5.41, 5.74) is 3.54. The van der Waals surface area contributed by atoms with Gasteiger partial charge in [-0.15, -0.1) is 0 Å². The molecule has 0 spiro atoms. The van der Waals surface area contributed by atoms with E-state index in [1.54, 1.807) is 0 Å². The van der Waals surface area contributed by atoms with Crippen molar-refractivity contribution in [2.45, 2.75) is 6.42 Å². The maximum Gasteiger partial charge on any atom is 0.136 e. The van der Waals surface area contributed by atoms with Crippen molar-refractivity contribution < 1.29 is 0 Å². The van der Waals surface area contributed by atoms with Crippen LogP contribution >= 0.6 is 0 Å². The van der Waals surface area contributed by atoms with Gasteiger partial charge in [-0.3, -0.25) is 0 Å². The van der Waals surface area contributed by atoms with E-state index in [1.807, 2.05) is 30.5 Å². The second kappa shape index (κ2) is 3.81. The summed E-state index contributed by atoms with van der Waals surface area (Å²) in [6.07, 6.45) is 4.93. The molecule has 1 aromatic carbocycles. The predicted octanol–water partition coefficient (Wildman–Crippen LogP) is 2.93. The number of benzene rings is 1. The maximum atomic E-state index is 4.38. The van der Waals surface area contributed by atoms with Crippen molar-refractivity contribution in [3.8, 4) is 0 Å². The minimum atomic E-state index is 0.923. The molecule has 0 unspecified atom stereocenters. The topological polar surface area (TPSA) is 17.3 Å². The first-order valence-electron chi connectivity index (χ1n) is 5.38. The van der Waals surface area contributed by atoms with E-state index in [1.165, 1.54) is 11.3 Å². The second-order valence-electron chi connectivity index (χ2n) is 3.84. The first-order chi connectivity index (χ1) is 7.93. The molecule has 78 valence electrons. The van der Waals surface area contributed by atoms with Gasteiger partial charge in [0, 0.05) is 24.5 Å². The minimum Gasteiger partial charge on any atom is -0.304 e. The van der Waals surface area contributed by atoms with Crippen LogP contribution in [-0.4, -0.2) is 9.38 Å². The lowest BCUT2D eigenvalue weighted by atomic mass is 10.1. The zero-order chi connectivity index (χ0) is 10.8. The van der Waals surface area contributed by atoms with Gasteiger partial charge < -0.3 is 4.40 Å². The first kappa shape index (κ1) is 9.16. The Morgan fingerprint density at radius 2 is 1.75 bits per heavy atom. The molecule has 0 bridgehead atoms. The van der Waals surface area contributed by atoms with E-state index in [2.05, 4.69) is 39.8 Å². The molecule has 2 nitrogen and oxygen atoms in total. The highest BCUT2D eigenvalue weighted by Crippen LogP contribution is 2.11. The van der Waals surface area contributed by atoms with Crippen LogP contribution in [0, 0.1) is 0 Å². The van der Waals surface area contributed by atoms with Crippen molar-refractivity contribution in [3.05, 3.63) is 72.2 Å². The average Bonchev–Trinajstić information content (AvgIpc) is 2.74. The van der Waals surface area contributed by atoms with Crippen LogP contribution in [0.3, 0.4) is 0 Å². The fourth-order valence-electron chi connectivity index (χ4n) is 1.92. The lowest BCUT2D eigenvalue weighted by Gasteiger charge is -2.01. The van der Waals surface area contributed by atoms with Crippen molar-refractivity contribution in [1.82, 2.24) is 9.38 Å². The molecule has 2 aromatic heterocycles. The molecular weight excluding hydrogens is 196 g/mol. The number of pyridine rings is 1. The Balaban J connectivity index is 2.01. The van der Waals surface area contributed by atoms with Gasteiger partial charge in [-0.05, 0) is 17.7 Å². The van der Waals surface area contributed by atoms with Gasteiger partial charge in [-0.25, -0.2) is 4.98 Å². The number of nitrogens with zero attached hydrogens (tertiary/aromatic N) is 2. The van der Waals surface area contributed by atoms with Crippen LogP contribution in [0.5, 0.6) is 0 Å². The molecule has 16 heavy (non-hydrogen) atoms. The molecule has 0 atom stereocenters. The van der Waals surface area contributed by atoms with E-state index in [0.717, 1.165) is 12.1 Å². The van der Waals surface area contributed by atoms with Gasteiger partial charge in [0.2, 0.25) is 0 Å². The van der Waals surface area contributed by atoms with E-state index in [0.29, 0.717) is 0 Å². The quantitative estimate of drug-likeness (QED) is 0.633. The number of hydrogen-bond donors (Lipinski definition) is 0. The van der Waals surface area contributed by atoms with Crippen LogP contribution in [0.15, 0.2) is 60.9 Å². The number of imidazole rings is 1. The van der Waals surface area contributed by atoms with E-state index < -0.39 is 0 Å². The highest BCUT2D eigenvalue weighted by molar-refractivity contribution is 5.40. The van der Waals surface area contributed by atoms with Crippen LogP contribution in [0.4, 0.5) is 0 Å². The highest BCUT2D eigenvalue weighted by Gasteiger charge is 2.02. The average molecular weight is 208 g/mol. The van der Waals surface area contributed by atoms with Gasteiger partial charge in [0.1, 0.15) is 5.65 Å². The van der Waals surface area contributed by atoms with Crippen molar-refractivity contribution in [3.63, 3.8) is 0 Å². The van der Waals surface area contributed by atoms with Crippen LogP contribution in [-0.2, 0) is 6.42 Å². The molecule has 0 aliphatic rings. The van der Waals surface area contributed by atoms with Crippen LogP contribution in [0.1, 0.15) is 11.3 Å². The van der Waals surface area contributed by atoms with Gasteiger partial charge in [-0.1, -0.05) is 36.4 Å². The van der Waals surface area contributed by atoms with E-state index in [4.69, 9.17) is 0 Å². The Bertz CT molecular complexity index is 596. The molecule has 0 fully saturated rings. The standard InChI is InChI=1S/C14H12N2/c1-2-6-12(7-3-1)10-13-11-15-14-8-4-5-9-16(13)14/h1-9,11H,10H2. The summed E-state index contributed by atoms with van der Waals surface area (Å²) >= 11 is 0. The largest absolute Gasteiger partial charge is 0.304 e. The third-order valence-corrected chi connectivity index (χ3v) is 2.72. The normalized spacial score (nSPS) is 10.8. The lowest BCUT2D eigenvalue weighted by molar-refractivity contribution is 1.03. The first-order valence-corrected chi connectivity index (χ1v) is 5.38. The Morgan fingerprint density at radius 1 is 0.938 bits per heavy atom. The van der Waals surface area contributed by atoms with Crippen LogP contribution in [0.2, 0.25) is 0 Å². The van der Waals surface area contributed by atoms with Crippen molar-refractivity contribution in [2.75, 3.05) is 0 Å². The summed E-state index contributed by atoms with van der Waals surface area (Å²) < 4.78 is 2.13. The summed E-state index contributed by atoms with van der Waals surface area (Å²) in [5, 5.41) is 0. The third kappa shape index (κ3) is 1.58. The lowest BCUT2D eigenvalue weighted by Crippen LogP contribution is -1.93. The molecular formula is C14H12N2. The SMILES string of the molecule is c1ccc(Cc2cnc3ccccn23)cc1. The van der Waals surface area contributed by atoms with Crippen LogP contribution in [0.25, 0.3) is 5.65 Å². The highest BCUT2D eigenvalue weighted by atomic mass is 15.0. The predicted molar refractivity (Wildman–Crippen MR) is 64.4 cm³/mol. The summed E-state index contributed by atoms with van der Waals surface area (Å²) in [4.78, 5) is 4.38. The van der Waals surface area contributed by atoms with Crippen molar-refractivity contribution >= 4 is 5.65 Å². The Labute approximate surface area is 94.2 Å².